The van der Waals surface area contributed by atoms with E-state index < -0.39 is 5.41 Å². The van der Waals surface area contributed by atoms with E-state index in [9.17, 15) is 9.59 Å². The number of amides is 1. The van der Waals surface area contributed by atoms with E-state index in [0.29, 0.717) is 22.4 Å². The summed E-state index contributed by atoms with van der Waals surface area (Å²) in [5, 5.41) is 2.98. The van der Waals surface area contributed by atoms with E-state index in [1.807, 2.05) is 12.1 Å². The second-order valence-corrected chi connectivity index (χ2v) is 6.53. The molecular formula is C18H17N5O2. The molecule has 0 saturated carbocycles. The Hall–Kier alpha value is -3.40. The van der Waals surface area contributed by atoms with Crippen LogP contribution in [0.25, 0.3) is 11.0 Å². The van der Waals surface area contributed by atoms with Crippen molar-refractivity contribution >= 4 is 22.9 Å². The molecule has 3 rings (SSSR count). The molecule has 0 fully saturated rings. The number of rotatable bonds is 1. The Morgan fingerprint density at radius 2 is 2.00 bits per heavy atom. The van der Waals surface area contributed by atoms with Crippen LogP contribution in [-0.2, 0) is 4.79 Å². The van der Waals surface area contributed by atoms with Crippen LogP contribution in [0.15, 0.2) is 35.3 Å². The molecule has 0 aliphatic carbocycles. The van der Waals surface area contributed by atoms with Crippen molar-refractivity contribution < 1.29 is 4.79 Å². The van der Waals surface area contributed by atoms with Gasteiger partial charge in [0.05, 0.1) is 11.1 Å². The number of hydrogen-bond donors (Lipinski definition) is 3. The molecule has 3 aromatic heterocycles. The van der Waals surface area contributed by atoms with Crippen molar-refractivity contribution in [2.24, 2.45) is 5.41 Å². The van der Waals surface area contributed by atoms with Crippen molar-refractivity contribution in [2.45, 2.75) is 20.8 Å². The third-order valence-corrected chi connectivity index (χ3v) is 3.40. The standard InChI is InChI=1S/C18H17N5O2/c1-18(2,3)16(25)23-17-21-14-13(15(24)22-17)10-12(20-14)8-7-11-6-4-5-9-19-11/h4-6,9-10H,1-3H3,(H3,20,21,22,23,24,25). The maximum atomic E-state index is 12.2. The highest BCUT2D eigenvalue weighted by atomic mass is 16.2. The highest BCUT2D eigenvalue weighted by Crippen LogP contribution is 2.16. The fraction of sp³-hybridized carbons (Fsp3) is 0.222. The minimum absolute atomic E-state index is 0.100. The van der Waals surface area contributed by atoms with Crippen LogP contribution in [0.4, 0.5) is 5.95 Å². The Balaban J connectivity index is 1.93. The molecule has 0 spiro atoms. The van der Waals surface area contributed by atoms with Gasteiger partial charge in [-0.3, -0.25) is 19.9 Å². The molecule has 0 bridgehead atoms. The Kier molecular flexibility index (Phi) is 4.11. The Morgan fingerprint density at radius 1 is 1.20 bits per heavy atom. The van der Waals surface area contributed by atoms with Crippen LogP contribution in [0.1, 0.15) is 32.2 Å². The number of fused-ring (bicyclic) bond motifs is 1. The van der Waals surface area contributed by atoms with Crippen molar-refractivity contribution in [2.75, 3.05) is 5.32 Å². The molecule has 3 heterocycles. The van der Waals surface area contributed by atoms with E-state index in [4.69, 9.17) is 0 Å². The first-order valence-electron chi connectivity index (χ1n) is 7.70. The van der Waals surface area contributed by atoms with E-state index >= 15 is 0 Å². The van der Waals surface area contributed by atoms with Gasteiger partial charge in [-0.05, 0) is 30.0 Å². The van der Waals surface area contributed by atoms with Crippen molar-refractivity contribution in [3.05, 3.63) is 52.2 Å². The summed E-state index contributed by atoms with van der Waals surface area (Å²) in [5.74, 6) is 5.68. The van der Waals surface area contributed by atoms with Gasteiger partial charge in [0.15, 0.2) is 0 Å². The number of anilines is 1. The van der Waals surface area contributed by atoms with Crippen molar-refractivity contribution in [3.8, 4) is 11.8 Å². The summed E-state index contributed by atoms with van der Waals surface area (Å²) in [6, 6.07) is 7.07. The third-order valence-electron chi connectivity index (χ3n) is 3.40. The molecule has 0 radical (unpaired) electrons. The van der Waals surface area contributed by atoms with E-state index in [1.165, 1.54) is 0 Å². The van der Waals surface area contributed by atoms with Gasteiger partial charge in [-0.1, -0.05) is 26.8 Å². The lowest BCUT2D eigenvalue weighted by Gasteiger charge is -2.16. The van der Waals surface area contributed by atoms with Crippen LogP contribution in [0.2, 0.25) is 0 Å². The first-order valence-corrected chi connectivity index (χ1v) is 7.70. The number of aromatic nitrogens is 4. The topological polar surface area (TPSA) is 104 Å². The van der Waals surface area contributed by atoms with Crippen LogP contribution in [0.3, 0.4) is 0 Å². The van der Waals surface area contributed by atoms with Gasteiger partial charge in [0.25, 0.3) is 5.56 Å². The van der Waals surface area contributed by atoms with E-state index in [0.717, 1.165) is 0 Å². The predicted octanol–water partition coefficient (Wildman–Crippen LogP) is 2.03. The van der Waals surface area contributed by atoms with Gasteiger partial charge in [0.1, 0.15) is 11.3 Å². The number of nitrogens with zero attached hydrogens (tertiary/aromatic N) is 2. The molecular weight excluding hydrogens is 318 g/mol. The van der Waals surface area contributed by atoms with Gasteiger partial charge in [-0.25, -0.2) is 4.98 Å². The predicted molar refractivity (Wildman–Crippen MR) is 95.0 cm³/mol. The fourth-order valence-corrected chi connectivity index (χ4v) is 2.01. The average molecular weight is 335 g/mol. The highest BCUT2D eigenvalue weighted by molar-refractivity contribution is 5.93. The summed E-state index contributed by atoms with van der Waals surface area (Å²) in [7, 11) is 0. The molecule has 0 saturated heterocycles. The summed E-state index contributed by atoms with van der Waals surface area (Å²) in [6.07, 6.45) is 1.66. The second kappa shape index (κ2) is 6.24. The number of hydrogen-bond acceptors (Lipinski definition) is 4. The van der Waals surface area contributed by atoms with Gasteiger partial charge < -0.3 is 4.98 Å². The van der Waals surface area contributed by atoms with Gasteiger partial charge in [-0.2, -0.15) is 4.98 Å². The normalized spacial score (nSPS) is 11.0. The fourth-order valence-electron chi connectivity index (χ4n) is 2.01. The Morgan fingerprint density at radius 3 is 2.68 bits per heavy atom. The van der Waals surface area contributed by atoms with Crippen molar-refractivity contribution in [1.29, 1.82) is 0 Å². The van der Waals surface area contributed by atoms with Gasteiger partial charge in [0, 0.05) is 11.6 Å². The highest BCUT2D eigenvalue weighted by Gasteiger charge is 2.22. The van der Waals surface area contributed by atoms with E-state index in [1.54, 1.807) is 39.1 Å². The summed E-state index contributed by atoms with van der Waals surface area (Å²) >= 11 is 0. The van der Waals surface area contributed by atoms with Crippen LogP contribution < -0.4 is 10.9 Å². The number of carbonyl (C=O) groups excluding carboxylic acids is 1. The van der Waals surface area contributed by atoms with Crippen LogP contribution in [-0.4, -0.2) is 25.8 Å². The zero-order valence-electron chi connectivity index (χ0n) is 14.1. The Bertz CT molecular complexity index is 1050. The minimum Gasteiger partial charge on any atom is -0.332 e. The molecule has 0 aliphatic rings. The number of pyridine rings is 1. The number of carbonyl (C=O) groups is 1. The molecule has 7 nitrogen and oxygen atoms in total. The summed E-state index contributed by atoms with van der Waals surface area (Å²) in [5.41, 5.74) is 0.580. The molecule has 0 aromatic carbocycles. The summed E-state index contributed by atoms with van der Waals surface area (Å²) in [4.78, 5) is 38.1. The second-order valence-electron chi connectivity index (χ2n) is 6.53. The van der Waals surface area contributed by atoms with Crippen molar-refractivity contribution in [1.82, 2.24) is 19.9 Å². The summed E-state index contributed by atoms with van der Waals surface area (Å²) < 4.78 is 0. The van der Waals surface area contributed by atoms with E-state index in [-0.39, 0.29) is 17.4 Å². The number of aromatic amines is 2. The molecule has 0 aliphatic heterocycles. The molecule has 3 N–H and O–H groups in total. The first-order chi connectivity index (χ1) is 11.8. The molecule has 25 heavy (non-hydrogen) atoms. The third kappa shape index (κ3) is 3.75. The molecule has 1 amide bonds. The Labute approximate surface area is 143 Å². The maximum Gasteiger partial charge on any atom is 0.261 e. The molecule has 3 aromatic rings. The number of H-pyrrole nitrogens is 2. The van der Waals surface area contributed by atoms with Gasteiger partial charge in [-0.15, -0.1) is 0 Å². The van der Waals surface area contributed by atoms with Gasteiger partial charge >= 0.3 is 0 Å². The average Bonchev–Trinajstić information content (AvgIpc) is 2.96. The first kappa shape index (κ1) is 16.5. The lowest BCUT2D eigenvalue weighted by Crippen LogP contribution is -2.29. The lowest BCUT2D eigenvalue weighted by molar-refractivity contribution is -0.123. The van der Waals surface area contributed by atoms with Gasteiger partial charge in [0.2, 0.25) is 11.9 Å². The molecule has 126 valence electrons. The van der Waals surface area contributed by atoms with Crippen LogP contribution >= 0.6 is 0 Å². The maximum absolute atomic E-state index is 12.2. The zero-order chi connectivity index (χ0) is 18.0. The smallest absolute Gasteiger partial charge is 0.261 e. The minimum atomic E-state index is -0.595. The lowest BCUT2D eigenvalue weighted by atomic mass is 9.96. The molecule has 7 heteroatoms. The van der Waals surface area contributed by atoms with E-state index in [2.05, 4.69) is 37.1 Å². The molecule has 0 unspecified atom stereocenters. The largest absolute Gasteiger partial charge is 0.332 e. The summed E-state index contributed by atoms with van der Waals surface area (Å²) in [6.45, 7) is 5.33. The van der Waals surface area contributed by atoms with Crippen LogP contribution in [0.5, 0.6) is 0 Å². The number of nitrogens with one attached hydrogen (secondary N) is 3. The zero-order valence-corrected chi connectivity index (χ0v) is 14.1. The SMILES string of the molecule is CC(C)(C)C(=O)Nc1nc2[nH]c(C#Cc3ccccn3)cc2c(=O)[nH]1. The van der Waals surface area contributed by atoms with Crippen LogP contribution in [0, 0.1) is 17.3 Å². The quantitative estimate of drug-likeness (QED) is 0.592. The molecule has 0 atom stereocenters. The van der Waals surface area contributed by atoms with Crippen molar-refractivity contribution in [3.63, 3.8) is 0 Å². The monoisotopic (exact) mass is 335 g/mol.